The number of carbonyl (C=O) groups excluding carboxylic acids is 1. The molecule has 0 bridgehead atoms. The molecule has 10 heteroatoms. The zero-order valence-electron chi connectivity index (χ0n) is 16.3. The predicted octanol–water partition coefficient (Wildman–Crippen LogP) is 2.33. The lowest BCUT2D eigenvalue weighted by molar-refractivity contribution is 0.0644. The van der Waals surface area contributed by atoms with Gasteiger partial charge in [-0.2, -0.15) is 5.10 Å². The molecular formula is C20H19FN6O3. The number of H-pyrrole nitrogens is 1. The molecule has 2 atom stereocenters. The van der Waals surface area contributed by atoms with E-state index >= 15 is 0 Å². The van der Waals surface area contributed by atoms with Crippen LogP contribution in [0.15, 0.2) is 35.1 Å². The number of aromatic nitrogens is 5. The lowest BCUT2D eigenvalue weighted by Crippen LogP contribution is -2.41. The van der Waals surface area contributed by atoms with Crippen molar-refractivity contribution < 1.29 is 18.7 Å². The number of oxazole rings is 1. The average molecular weight is 410 g/mol. The summed E-state index contributed by atoms with van der Waals surface area (Å²) in [4.78, 5) is 26.7. The van der Waals surface area contributed by atoms with E-state index in [1.54, 1.807) is 36.5 Å². The second-order valence-corrected chi connectivity index (χ2v) is 7.32. The maximum atomic E-state index is 14.2. The fourth-order valence-corrected chi connectivity index (χ4v) is 3.85. The van der Waals surface area contributed by atoms with E-state index in [1.807, 2.05) is 0 Å². The van der Waals surface area contributed by atoms with E-state index in [-0.39, 0.29) is 17.6 Å². The van der Waals surface area contributed by atoms with Gasteiger partial charge in [0.15, 0.2) is 0 Å². The monoisotopic (exact) mass is 410 g/mol. The maximum Gasteiger partial charge on any atom is 0.292 e. The minimum absolute atomic E-state index is 0.0600. The number of hydrogen-bond donors (Lipinski definition) is 2. The molecule has 0 fully saturated rings. The van der Waals surface area contributed by atoms with E-state index in [1.165, 1.54) is 17.5 Å². The number of nitrogens with one attached hydrogen (secondary N) is 1. The number of aryl methyl sites for hydroxylation is 1. The second kappa shape index (κ2) is 6.77. The summed E-state index contributed by atoms with van der Waals surface area (Å²) in [5.41, 5.74) is 2.76. The highest BCUT2D eigenvalue weighted by Gasteiger charge is 2.38. The molecule has 4 aromatic heterocycles. The third-order valence-electron chi connectivity index (χ3n) is 5.30. The Morgan fingerprint density at radius 2 is 2.30 bits per heavy atom. The molecular weight excluding hydrogens is 391 g/mol. The summed E-state index contributed by atoms with van der Waals surface area (Å²) in [7, 11) is 0. The molecule has 1 aliphatic rings. The molecule has 30 heavy (non-hydrogen) atoms. The molecule has 0 aliphatic carbocycles. The van der Waals surface area contributed by atoms with Crippen LogP contribution in [0, 0.1) is 12.7 Å². The minimum atomic E-state index is -0.929. The lowest BCUT2D eigenvalue weighted by Gasteiger charge is -2.33. The predicted molar refractivity (Wildman–Crippen MR) is 102 cm³/mol. The molecule has 0 radical (unpaired) electrons. The molecule has 5 rings (SSSR count). The van der Waals surface area contributed by atoms with Gasteiger partial charge >= 0.3 is 0 Å². The van der Waals surface area contributed by atoms with Crippen LogP contribution in [0.4, 0.5) is 4.39 Å². The van der Waals surface area contributed by atoms with Crippen molar-refractivity contribution in [2.45, 2.75) is 32.4 Å². The van der Waals surface area contributed by atoms with Crippen LogP contribution in [0.25, 0.3) is 5.52 Å². The highest BCUT2D eigenvalue weighted by atomic mass is 19.1. The Labute approximate surface area is 170 Å². The number of pyridine rings is 1. The number of hydrogen-bond acceptors (Lipinski definition) is 6. The summed E-state index contributed by atoms with van der Waals surface area (Å²) in [6.45, 7) is 3.56. The minimum Gasteiger partial charge on any atom is -0.432 e. The van der Waals surface area contributed by atoms with E-state index in [2.05, 4.69) is 20.1 Å². The van der Waals surface area contributed by atoms with Crippen molar-refractivity contribution in [1.29, 1.82) is 0 Å². The molecule has 9 nitrogen and oxygen atoms in total. The van der Waals surface area contributed by atoms with Crippen molar-refractivity contribution in [3.63, 3.8) is 0 Å². The summed E-state index contributed by atoms with van der Waals surface area (Å²) in [6, 6.07) is 3.93. The van der Waals surface area contributed by atoms with Gasteiger partial charge < -0.3 is 19.4 Å². The van der Waals surface area contributed by atoms with E-state index in [9.17, 15) is 14.3 Å². The number of carbonyl (C=O) groups is 1. The van der Waals surface area contributed by atoms with Crippen LogP contribution < -0.4 is 0 Å². The van der Waals surface area contributed by atoms with Crippen LogP contribution in [-0.2, 0) is 6.42 Å². The van der Waals surface area contributed by atoms with Crippen LogP contribution in [-0.4, -0.2) is 47.0 Å². The Morgan fingerprint density at radius 1 is 1.47 bits per heavy atom. The molecule has 0 saturated carbocycles. The van der Waals surface area contributed by atoms with Crippen molar-refractivity contribution in [3.05, 3.63) is 71.0 Å². The summed E-state index contributed by atoms with van der Waals surface area (Å²) >= 11 is 0. The first-order valence-corrected chi connectivity index (χ1v) is 9.56. The Kier molecular flexibility index (Phi) is 4.17. The number of aromatic amines is 1. The fourth-order valence-electron chi connectivity index (χ4n) is 3.85. The van der Waals surface area contributed by atoms with Gasteiger partial charge in [0.25, 0.3) is 5.91 Å². The van der Waals surface area contributed by atoms with Crippen LogP contribution >= 0.6 is 0 Å². The van der Waals surface area contributed by atoms with Crippen molar-refractivity contribution in [1.82, 2.24) is 29.5 Å². The summed E-state index contributed by atoms with van der Waals surface area (Å²) in [6.07, 6.45) is 2.88. The Balaban J connectivity index is 1.62. The number of nitrogens with zero attached hydrogens (tertiary/aromatic N) is 5. The number of aliphatic hydroxyl groups excluding tert-OH is 1. The van der Waals surface area contributed by atoms with Gasteiger partial charge in [-0.3, -0.25) is 4.79 Å². The van der Waals surface area contributed by atoms with Gasteiger partial charge in [-0.1, -0.05) is 0 Å². The van der Waals surface area contributed by atoms with E-state index in [0.29, 0.717) is 35.6 Å². The topological polar surface area (TPSA) is 113 Å². The molecule has 2 N–H and O–H groups in total. The summed E-state index contributed by atoms with van der Waals surface area (Å²) in [5.74, 6) is -0.646. The summed E-state index contributed by atoms with van der Waals surface area (Å²) < 4.78 is 21.2. The van der Waals surface area contributed by atoms with Gasteiger partial charge in [0.05, 0.1) is 23.4 Å². The quantitative estimate of drug-likeness (QED) is 0.536. The molecule has 1 amide bonds. The molecule has 0 spiro atoms. The van der Waals surface area contributed by atoms with E-state index < -0.39 is 18.0 Å². The SMILES string of the molecule is Cc1nc(C(C)O)oc1C(=O)N1CCc2[nH]cnc2C1c1cc2c(F)cccn2n1. The van der Waals surface area contributed by atoms with Crippen LogP contribution in [0.5, 0.6) is 0 Å². The Bertz CT molecular complexity index is 1260. The van der Waals surface area contributed by atoms with Crippen LogP contribution in [0.1, 0.15) is 58.3 Å². The third kappa shape index (κ3) is 2.79. The third-order valence-corrected chi connectivity index (χ3v) is 5.30. The summed E-state index contributed by atoms with van der Waals surface area (Å²) in [5, 5.41) is 14.2. The van der Waals surface area contributed by atoms with Gasteiger partial charge in [0.1, 0.15) is 23.5 Å². The number of rotatable bonds is 3. The molecule has 154 valence electrons. The number of amides is 1. The highest BCUT2D eigenvalue weighted by molar-refractivity contribution is 5.93. The largest absolute Gasteiger partial charge is 0.432 e. The van der Waals surface area contributed by atoms with Crippen molar-refractivity contribution >= 4 is 11.4 Å². The smallest absolute Gasteiger partial charge is 0.292 e. The molecule has 2 unspecified atom stereocenters. The molecule has 1 aliphatic heterocycles. The molecule has 4 aromatic rings. The zero-order chi connectivity index (χ0) is 21.0. The number of aliphatic hydroxyl groups is 1. The number of fused-ring (bicyclic) bond motifs is 2. The van der Waals surface area contributed by atoms with Gasteiger partial charge in [-0.15, -0.1) is 0 Å². The first-order chi connectivity index (χ1) is 14.4. The first kappa shape index (κ1) is 18.5. The molecule has 0 saturated heterocycles. The van der Waals surface area contributed by atoms with Crippen molar-refractivity contribution in [2.24, 2.45) is 0 Å². The van der Waals surface area contributed by atoms with Crippen LogP contribution in [0.2, 0.25) is 0 Å². The zero-order valence-corrected chi connectivity index (χ0v) is 16.3. The molecule has 0 aromatic carbocycles. The number of imidazole rings is 1. The van der Waals surface area contributed by atoms with E-state index in [4.69, 9.17) is 4.42 Å². The fraction of sp³-hybridized carbons (Fsp3) is 0.300. The first-order valence-electron chi connectivity index (χ1n) is 9.56. The highest BCUT2D eigenvalue weighted by Crippen LogP contribution is 2.35. The standard InChI is InChI=1S/C20H19FN6O3/c1-10-18(30-19(24-10)11(2)28)20(29)26-7-5-13-16(23-9-22-13)17(26)14-8-15-12(21)4-3-6-27(15)25-14/h3-4,6,8-9,11,17,28H,5,7H2,1-2H3,(H,22,23). The maximum absolute atomic E-state index is 14.2. The van der Waals surface area contributed by atoms with Gasteiger partial charge in [0.2, 0.25) is 11.7 Å². The van der Waals surface area contributed by atoms with Crippen molar-refractivity contribution in [3.8, 4) is 0 Å². The second-order valence-electron chi connectivity index (χ2n) is 7.32. The molecule has 5 heterocycles. The van der Waals surface area contributed by atoms with Crippen LogP contribution in [0.3, 0.4) is 0 Å². The van der Waals surface area contributed by atoms with Gasteiger partial charge in [-0.05, 0) is 32.0 Å². The number of halogens is 1. The average Bonchev–Trinajstić information content (AvgIpc) is 3.44. The normalized spacial score (nSPS) is 17.3. The van der Waals surface area contributed by atoms with Gasteiger partial charge in [0, 0.05) is 24.9 Å². The van der Waals surface area contributed by atoms with Crippen molar-refractivity contribution in [2.75, 3.05) is 6.54 Å². The van der Waals surface area contributed by atoms with E-state index in [0.717, 1.165) is 5.69 Å². The van der Waals surface area contributed by atoms with Gasteiger partial charge in [-0.25, -0.2) is 18.9 Å². The lowest BCUT2D eigenvalue weighted by atomic mass is 9.99. The Hall–Kier alpha value is -3.53. The Morgan fingerprint density at radius 3 is 3.03 bits per heavy atom.